The van der Waals surface area contributed by atoms with Crippen LogP contribution < -0.4 is 5.32 Å². The highest BCUT2D eigenvalue weighted by molar-refractivity contribution is 5.81. The highest BCUT2D eigenvalue weighted by atomic mass is 15.3. The molecular formula is C14H25N3. The molecule has 0 amide bonds. The Morgan fingerprint density at radius 3 is 2.71 bits per heavy atom. The molecule has 3 nitrogen and oxygen atoms in total. The van der Waals surface area contributed by atoms with Crippen LogP contribution in [0, 0.1) is 5.41 Å². The third-order valence-electron chi connectivity index (χ3n) is 4.62. The number of guanidine groups is 1. The molecule has 3 rings (SSSR count). The van der Waals surface area contributed by atoms with Crippen molar-refractivity contribution < 1.29 is 0 Å². The lowest BCUT2D eigenvalue weighted by atomic mass is 9.86. The van der Waals surface area contributed by atoms with E-state index in [1.807, 2.05) is 0 Å². The number of rotatable bonds is 2. The van der Waals surface area contributed by atoms with Gasteiger partial charge in [-0.05, 0) is 44.4 Å². The fraction of sp³-hybridized carbons (Fsp3) is 0.929. The molecule has 0 unspecified atom stereocenters. The van der Waals surface area contributed by atoms with Crippen LogP contribution in [0.5, 0.6) is 0 Å². The molecule has 2 saturated carbocycles. The summed E-state index contributed by atoms with van der Waals surface area (Å²) < 4.78 is 0. The smallest absolute Gasteiger partial charge is 0.194 e. The molecule has 0 aromatic heterocycles. The molecule has 3 heteroatoms. The van der Waals surface area contributed by atoms with E-state index in [0.717, 1.165) is 12.6 Å². The number of aliphatic imine (C=N–C) groups is 1. The van der Waals surface area contributed by atoms with Crippen LogP contribution in [-0.2, 0) is 0 Å². The van der Waals surface area contributed by atoms with E-state index in [4.69, 9.17) is 0 Å². The summed E-state index contributed by atoms with van der Waals surface area (Å²) in [4.78, 5) is 7.19. The monoisotopic (exact) mass is 235 g/mol. The Labute approximate surface area is 105 Å². The molecule has 17 heavy (non-hydrogen) atoms. The molecule has 0 aromatic rings. The largest absolute Gasteiger partial charge is 0.354 e. The zero-order valence-corrected chi connectivity index (χ0v) is 11.0. The van der Waals surface area contributed by atoms with Crippen molar-refractivity contribution in [2.24, 2.45) is 10.4 Å². The van der Waals surface area contributed by atoms with Gasteiger partial charge in [-0.3, -0.25) is 4.99 Å². The SMILES string of the molecule is CCN=C(NC1CC1)N1CCC2(CCCC2)C1. The van der Waals surface area contributed by atoms with E-state index in [0.29, 0.717) is 5.41 Å². The first-order chi connectivity index (χ1) is 8.31. The molecular weight excluding hydrogens is 210 g/mol. The summed E-state index contributed by atoms with van der Waals surface area (Å²) in [6, 6.07) is 0.723. The van der Waals surface area contributed by atoms with Gasteiger partial charge in [0.05, 0.1) is 0 Å². The summed E-state index contributed by atoms with van der Waals surface area (Å²) in [5.74, 6) is 1.19. The number of nitrogens with zero attached hydrogens (tertiary/aromatic N) is 2. The standard InChI is InChI=1S/C14H25N3/c1-2-15-13(16-12-5-6-12)17-10-9-14(11-17)7-3-4-8-14/h12H,2-11H2,1H3,(H,15,16). The second kappa shape index (κ2) is 4.51. The maximum absolute atomic E-state index is 4.67. The maximum atomic E-state index is 4.67. The molecule has 3 fully saturated rings. The lowest BCUT2D eigenvalue weighted by Crippen LogP contribution is -2.42. The molecule has 1 saturated heterocycles. The minimum Gasteiger partial charge on any atom is -0.354 e. The predicted molar refractivity (Wildman–Crippen MR) is 71.2 cm³/mol. The minimum atomic E-state index is 0.653. The van der Waals surface area contributed by atoms with Gasteiger partial charge in [-0.2, -0.15) is 0 Å². The minimum absolute atomic E-state index is 0.653. The Kier molecular flexibility index (Phi) is 3.01. The van der Waals surface area contributed by atoms with Crippen molar-refractivity contribution in [2.45, 2.75) is 57.9 Å². The number of likely N-dealkylation sites (tertiary alicyclic amines) is 1. The van der Waals surface area contributed by atoms with E-state index in [-0.39, 0.29) is 0 Å². The normalized spacial score (nSPS) is 28.1. The zero-order chi connectivity index (χ0) is 11.7. The molecule has 96 valence electrons. The summed E-state index contributed by atoms with van der Waals surface area (Å²) in [6.45, 7) is 5.51. The van der Waals surface area contributed by atoms with Crippen LogP contribution in [0.1, 0.15) is 51.9 Å². The van der Waals surface area contributed by atoms with Gasteiger partial charge in [-0.15, -0.1) is 0 Å². The van der Waals surface area contributed by atoms with Crippen molar-refractivity contribution in [1.29, 1.82) is 0 Å². The number of nitrogens with one attached hydrogen (secondary N) is 1. The summed E-state index contributed by atoms with van der Waals surface area (Å²) in [6.07, 6.45) is 9.86. The average molecular weight is 235 g/mol. The van der Waals surface area contributed by atoms with E-state index >= 15 is 0 Å². The van der Waals surface area contributed by atoms with Gasteiger partial charge < -0.3 is 10.2 Å². The van der Waals surface area contributed by atoms with Crippen LogP contribution >= 0.6 is 0 Å². The van der Waals surface area contributed by atoms with E-state index in [1.165, 1.54) is 64.0 Å². The van der Waals surface area contributed by atoms with Crippen molar-refractivity contribution in [2.75, 3.05) is 19.6 Å². The van der Waals surface area contributed by atoms with Gasteiger partial charge in [0, 0.05) is 25.7 Å². The summed E-state index contributed by atoms with van der Waals surface area (Å²) in [5, 5.41) is 3.62. The van der Waals surface area contributed by atoms with Crippen molar-refractivity contribution in [3.8, 4) is 0 Å². The van der Waals surface area contributed by atoms with Crippen LogP contribution in [0.15, 0.2) is 4.99 Å². The third-order valence-corrected chi connectivity index (χ3v) is 4.62. The van der Waals surface area contributed by atoms with E-state index < -0.39 is 0 Å². The van der Waals surface area contributed by atoms with Crippen molar-refractivity contribution in [1.82, 2.24) is 10.2 Å². The lowest BCUT2D eigenvalue weighted by Gasteiger charge is -2.26. The second-order valence-corrected chi connectivity index (χ2v) is 6.10. The summed E-state index contributed by atoms with van der Waals surface area (Å²) in [7, 11) is 0. The third kappa shape index (κ3) is 2.43. The molecule has 1 aliphatic heterocycles. The molecule has 0 bridgehead atoms. The molecule has 2 aliphatic carbocycles. The first-order valence-electron chi connectivity index (χ1n) is 7.37. The first-order valence-corrected chi connectivity index (χ1v) is 7.37. The van der Waals surface area contributed by atoms with Crippen LogP contribution in [-0.4, -0.2) is 36.5 Å². The molecule has 0 atom stereocenters. The van der Waals surface area contributed by atoms with Gasteiger partial charge in [-0.1, -0.05) is 12.8 Å². The maximum Gasteiger partial charge on any atom is 0.194 e. The number of hydrogen-bond acceptors (Lipinski definition) is 1. The van der Waals surface area contributed by atoms with Crippen LogP contribution in [0.2, 0.25) is 0 Å². The van der Waals surface area contributed by atoms with Gasteiger partial charge in [0.2, 0.25) is 0 Å². The van der Waals surface area contributed by atoms with Crippen LogP contribution in [0.25, 0.3) is 0 Å². The van der Waals surface area contributed by atoms with E-state index in [1.54, 1.807) is 0 Å². The highest BCUT2D eigenvalue weighted by Crippen LogP contribution is 2.45. The summed E-state index contributed by atoms with van der Waals surface area (Å²) >= 11 is 0. The van der Waals surface area contributed by atoms with Crippen LogP contribution in [0.3, 0.4) is 0 Å². The lowest BCUT2D eigenvalue weighted by molar-refractivity contribution is 0.309. The fourth-order valence-electron chi connectivity index (χ4n) is 3.45. The fourth-order valence-corrected chi connectivity index (χ4v) is 3.45. The highest BCUT2D eigenvalue weighted by Gasteiger charge is 2.41. The molecule has 0 radical (unpaired) electrons. The Morgan fingerprint density at radius 1 is 1.29 bits per heavy atom. The number of hydrogen-bond donors (Lipinski definition) is 1. The Bertz CT molecular complexity index is 301. The molecule has 1 heterocycles. The first kappa shape index (κ1) is 11.4. The Hall–Kier alpha value is -0.730. The van der Waals surface area contributed by atoms with Gasteiger partial charge in [0.25, 0.3) is 0 Å². The Balaban J connectivity index is 1.64. The van der Waals surface area contributed by atoms with Gasteiger partial charge in [-0.25, -0.2) is 0 Å². The van der Waals surface area contributed by atoms with Gasteiger partial charge >= 0.3 is 0 Å². The summed E-state index contributed by atoms with van der Waals surface area (Å²) in [5.41, 5.74) is 0.653. The Morgan fingerprint density at radius 2 is 2.06 bits per heavy atom. The van der Waals surface area contributed by atoms with E-state index in [9.17, 15) is 0 Å². The quantitative estimate of drug-likeness (QED) is 0.588. The predicted octanol–water partition coefficient (Wildman–Crippen LogP) is 2.38. The molecule has 0 aromatic carbocycles. The molecule has 3 aliphatic rings. The van der Waals surface area contributed by atoms with Crippen molar-refractivity contribution >= 4 is 5.96 Å². The van der Waals surface area contributed by atoms with Gasteiger partial charge in [0.15, 0.2) is 5.96 Å². The van der Waals surface area contributed by atoms with Crippen molar-refractivity contribution in [3.05, 3.63) is 0 Å². The van der Waals surface area contributed by atoms with E-state index in [2.05, 4.69) is 22.1 Å². The van der Waals surface area contributed by atoms with Gasteiger partial charge in [0.1, 0.15) is 0 Å². The zero-order valence-electron chi connectivity index (χ0n) is 11.0. The average Bonchev–Trinajstić information content (AvgIpc) is 2.90. The van der Waals surface area contributed by atoms with Crippen molar-refractivity contribution in [3.63, 3.8) is 0 Å². The van der Waals surface area contributed by atoms with Crippen LogP contribution in [0.4, 0.5) is 0 Å². The molecule has 1 spiro atoms. The topological polar surface area (TPSA) is 27.6 Å². The molecule has 1 N–H and O–H groups in total. The second-order valence-electron chi connectivity index (χ2n) is 6.10.